The molecule has 2 rings (SSSR count). The van der Waals surface area contributed by atoms with Gasteiger partial charge in [-0.3, -0.25) is 0 Å². The van der Waals surface area contributed by atoms with Gasteiger partial charge in [0.2, 0.25) is 0 Å². The van der Waals surface area contributed by atoms with E-state index in [1.807, 2.05) is 18.2 Å². The minimum Gasteiger partial charge on any atom is -0.310 e. The first-order valence-electron chi connectivity index (χ1n) is 6.36. The second kappa shape index (κ2) is 7.20. The van der Waals surface area contributed by atoms with Gasteiger partial charge in [-0.25, -0.2) is 9.37 Å². The Kier molecular flexibility index (Phi) is 5.57. The number of pyridine rings is 1. The minimum absolute atomic E-state index is 0.206. The predicted molar refractivity (Wildman–Crippen MR) is 84.4 cm³/mol. The average molecular weight is 355 g/mol. The summed E-state index contributed by atoms with van der Waals surface area (Å²) in [5.74, 6) is -0.206. The third-order valence-corrected chi connectivity index (χ3v) is 4.24. The lowest BCUT2D eigenvalue weighted by Gasteiger charge is -2.12. The van der Waals surface area contributed by atoms with Gasteiger partial charge < -0.3 is 5.32 Å². The second-order valence-corrected chi connectivity index (χ2v) is 6.63. The molecule has 2 aromatic rings. The smallest absolute Gasteiger partial charge is 0.137 e. The molecule has 106 valence electrons. The van der Waals surface area contributed by atoms with E-state index in [1.165, 1.54) is 17.8 Å². The molecule has 0 fully saturated rings. The molecule has 20 heavy (non-hydrogen) atoms. The molecule has 0 atom stereocenters. The number of hydrogen-bond acceptors (Lipinski definition) is 3. The first-order chi connectivity index (χ1) is 9.56. The largest absolute Gasteiger partial charge is 0.310 e. The normalized spacial score (nSPS) is 11.1. The van der Waals surface area contributed by atoms with Crippen LogP contribution in [0.3, 0.4) is 0 Å². The average Bonchev–Trinajstić information content (AvgIpc) is 2.41. The van der Waals surface area contributed by atoms with Crippen LogP contribution >= 0.6 is 27.7 Å². The third kappa shape index (κ3) is 4.30. The lowest BCUT2D eigenvalue weighted by atomic mass is 10.2. The van der Waals surface area contributed by atoms with E-state index in [4.69, 9.17) is 0 Å². The molecule has 0 amide bonds. The van der Waals surface area contributed by atoms with Crippen molar-refractivity contribution in [2.75, 3.05) is 0 Å². The van der Waals surface area contributed by atoms with Crippen LogP contribution in [0.5, 0.6) is 0 Å². The van der Waals surface area contributed by atoms with Crippen LogP contribution in [0, 0.1) is 5.82 Å². The van der Waals surface area contributed by atoms with Crippen molar-refractivity contribution in [1.29, 1.82) is 0 Å². The standard InChI is InChI=1S/C15H16BrFN2S/c1-10(2)18-8-11-4-3-5-13(17)15(11)20-14-7-6-12(16)9-19-14/h3-7,9-10,18H,8H2,1-2H3. The summed E-state index contributed by atoms with van der Waals surface area (Å²) in [4.78, 5) is 4.91. The summed E-state index contributed by atoms with van der Waals surface area (Å²) in [5, 5.41) is 4.10. The molecule has 1 heterocycles. The fraction of sp³-hybridized carbons (Fsp3) is 0.267. The van der Waals surface area contributed by atoms with Gasteiger partial charge in [-0.2, -0.15) is 0 Å². The molecular formula is C15H16BrFN2S. The lowest BCUT2D eigenvalue weighted by molar-refractivity contribution is 0.564. The Morgan fingerprint density at radius 1 is 1.30 bits per heavy atom. The minimum atomic E-state index is -0.206. The SMILES string of the molecule is CC(C)NCc1cccc(F)c1Sc1ccc(Br)cn1. The zero-order valence-corrected chi connectivity index (χ0v) is 13.8. The van der Waals surface area contributed by atoms with Crippen molar-refractivity contribution in [2.45, 2.75) is 36.4 Å². The highest BCUT2D eigenvalue weighted by Gasteiger charge is 2.11. The van der Waals surface area contributed by atoms with E-state index in [0.29, 0.717) is 17.5 Å². The van der Waals surface area contributed by atoms with Gasteiger partial charge in [-0.15, -0.1) is 0 Å². The van der Waals surface area contributed by atoms with Crippen molar-refractivity contribution in [2.24, 2.45) is 0 Å². The number of rotatable bonds is 5. The molecule has 0 spiro atoms. The molecule has 0 unspecified atom stereocenters. The van der Waals surface area contributed by atoms with Crippen molar-refractivity contribution >= 4 is 27.7 Å². The van der Waals surface area contributed by atoms with Crippen molar-refractivity contribution < 1.29 is 4.39 Å². The molecule has 0 saturated heterocycles. The quantitative estimate of drug-likeness (QED) is 0.846. The van der Waals surface area contributed by atoms with E-state index in [2.05, 4.69) is 40.1 Å². The Labute approximate surface area is 131 Å². The summed E-state index contributed by atoms with van der Waals surface area (Å²) < 4.78 is 15.0. The molecule has 0 aliphatic heterocycles. The fourth-order valence-electron chi connectivity index (χ4n) is 1.65. The van der Waals surface area contributed by atoms with Crippen LogP contribution in [0.4, 0.5) is 4.39 Å². The van der Waals surface area contributed by atoms with Crippen molar-refractivity contribution in [1.82, 2.24) is 10.3 Å². The molecule has 1 N–H and O–H groups in total. The number of nitrogens with zero attached hydrogens (tertiary/aromatic N) is 1. The Bertz CT molecular complexity index is 573. The number of benzene rings is 1. The topological polar surface area (TPSA) is 24.9 Å². The molecule has 1 aromatic carbocycles. The number of aromatic nitrogens is 1. The monoisotopic (exact) mass is 354 g/mol. The van der Waals surface area contributed by atoms with Gasteiger partial charge in [-0.1, -0.05) is 37.7 Å². The maximum absolute atomic E-state index is 14.1. The van der Waals surface area contributed by atoms with Gasteiger partial charge in [0.15, 0.2) is 0 Å². The van der Waals surface area contributed by atoms with Gasteiger partial charge in [0.25, 0.3) is 0 Å². The van der Waals surface area contributed by atoms with E-state index in [-0.39, 0.29) is 5.82 Å². The number of nitrogens with one attached hydrogen (secondary N) is 1. The Morgan fingerprint density at radius 2 is 2.10 bits per heavy atom. The molecule has 0 saturated carbocycles. The summed E-state index contributed by atoms with van der Waals surface area (Å²) in [5.41, 5.74) is 0.952. The maximum atomic E-state index is 14.1. The number of hydrogen-bond donors (Lipinski definition) is 1. The Hall–Kier alpha value is -0.910. The molecule has 2 nitrogen and oxygen atoms in total. The molecule has 0 aliphatic rings. The van der Waals surface area contributed by atoms with E-state index < -0.39 is 0 Å². The van der Waals surface area contributed by atoms with Crippen molar-refractivity contribution in [3.05, 3.63) is 52.4 Å². The lowest BCUT2D eigenvalue weighted by Crippen LogP contribution is -2.22. The number of halogens is 2. The van der Waals surface area contributed by atoms with E-state index >= 15 is 0 Å². The Balaban J connectivity index is 2.23. The van der Waals surface area contributed by atoms with Crippen molar-refractivity contribution in [3.8, 4) is 0 Å². The van der Waals surface area contributed by atoms with Crippen LogP contribution in [-0.2, 0) is 6.54 Å². The van der Waals surface area contributed by atoms with E-state index in [9.17, 15) is 4.39 Å². The summed E-state index contributed by atoms with van der Waals surface area (Å²) in [7, 11) is 0. The molecule has 0 bridgehead atoms. The predicted octanol–water partition coefficient (Wildman–Crippen LogP) is 4.63. The van der Waals surface area contributed by atoms with Gasteiger partial charge in [0, 0.05) is 23.3 Å². The van der Waals surface area contributed by atoms with Crippen LogP contribution in [0.25, 0.3) is 0 Å². The summed E-state index contributed by atoms with van der Waals surface area (Å²) >= 11 is 4.70. The maximum Gasteiger partial charge on any atom is 0.137 e. The molecule has 5 heteroatoms. The molecule has 0 radical (unpaired) electrons. The molecule has 1 aromatic heterocycles. The van der Waals surface area contributed by atoms with Crippen LogP contribution < -0.4 is 5.32 Å². The molecular weight excluding hydrogens is 339 g/mol. The van der Waals surface area contributed by atoms with Crippen LogP contribution in [0.1, 0.15) is 19.4 Å². The summed E-state index contributed by atoms with van der Waals surface area (Å²) in [6.07, 6.45) is 1.72. The van der Waals surface area contributed by atoms with E-state index in [0.717, 1.165) is 15.1 Å². The zero-order valence-electron chi connectivity index (χ0n) is 11.4. The first-order valence-corrected chi connectivity index (χ1v) is 7.97. The van der Waals surface area contributed by atoms with Crippen molar-refractivity contribution in [3.63, 3.8) is 0 Å². The zero-order chi connectivity index (χ0) is 14.5. The van der Waals surface area contributed by atoms with Gasteiger partial charge in [-0.05, 0) is 39.7 Å². The van der Waals surface area contributed by atoms with E-state index in [1.54, 1.807) is 12.3 Å². The fourth-order valence-corrected chi connectivity index (χ4v) is 2.77. The van der Waals surface area contributed by atoms with Crippen LogP contribution in [0.15, 0.2) is 50.9 Å². The summed E-state index contributed by atoms with van der Waals surface area (Å²) in [6.45, 7) is 4.79. The summed E-state index contributed by atoms with van der Waals surface area (Å²) in [6, 6.07) is 9.32. The first kappa shape index (κ1) is 15.5. The van der Waals surface area contributed by atoms with Gasteiger partial charge >= 0.3 is 0 Å². The highest BCUT2D eigenvalue weighted by Crippen LogP contribution is 2.32. The van der Waals surface area contributed by atoms with Crippen LogP contribution in [-0.4, -0.2) is 11.0 Å². The Morgan fingerprint density at radius 3 is 2.75 bits per heavy atom. The second-order valence-electron chi connectivity index (χ2n) is 4.68. The third-order valence-electron chi connectivity index (χ3n) is 2.66. The molecule has 0 aliphatic carbocycles. The van der Waals surface area contributed by atoms with Gasteiger partial charge in [0.1, 0.15) is 10.8 Å². The highest BCUT2D eigenvalue weighted by atomic mass is 79.9. The van der Waals surface area contributed by atoms with Gasteiger partial charge in [0.05, 0.1) is 4.90 Å². The highest BCUT2D eigenvalue weighted by molar-refractivity contribution is 9.10. The van der Waals surface area contributed by atoms with Crippen LogP contribution in [0.2, 0.25) is 0 Å².